The average Bonchev–Trinajstić information content (AvgIpc) is 3.09. The van der Waals surface area contributed by atoms with Crippen molar-refractivity contribution in [3.8, 4) is 28.5 Å². The van der Waals surface area contributed by atoms with Gasteiger partial charge in [0.15, 0.2) is 11.6 Å². The summed E-state index contributed by atoms with van der Waals surface area (Å²) in [5.74, 6) is 1.63. The lowest BCUT2D eigenvalue weighted by Crippen LogP contribution is -2.00. The minimum atomic E-state index is 0.815. The lowest BCUT2D eigenvalue weighted by Gasteiger charge is -2.10. The van der Waals surface area contributed by atoms with E-state index in [-0.39, 0.29) is 0 Å². The molecule has 0 N–H and O–H groups in total. The molecule has 0 atom stereocenters. The molecule has 0 bridgehead atoms. The molecule has 0 spiro atoms. The van der Waals surface area contributed by atoms with Gasteiger partial charge in [-0.05, 0) is 12.1 Å². The molecule has 0 unspecified atom stereocenters. The number of pyridine rings is 1. The molecule has 0 saturated heterocycles. The summed E-state index contributed by atoms with van der Waals surface area (Å²) in [6.45, 7) is 0. The third-order valence-corrected chi connectivity index (χ3v) is 3.65. The van der Waals surface area contributed by atoms with Crippen molar-refractivity contribution in [2.24, 2.45) is 0 Å². The van der Waals surface area contributed by atoms with Crippen molar-refractivity contribution in [3.63, 3.8) is 0 Å². The van der Waals surface area contributed by atoms with Gasteiger partial charge in [-0.3, -0.25) is 9.55 Å². The summed E-state index contributed by atoms with van der Waals surface area (Å²) < 4.78 is 2.06. The highest BCUT2D eigenvalue weighted by Crippen LogP contribution is 2.27. The first-order valence-corrected chi connectivity index (χ1v) is 7.40. The van der Waals surface area contributed by atoms with E-state index < -0.39 is 0 Å². The molecular formula is C19H14N4. The Kier molecular flexibility index (Phi) is 3.41. The summed E-state index contributed by atoms with van der Waals surface area (Å²) in [7, 11) is 0. The first-order chi connectivity index (χ1) is 11.4. The van der Waals surface area contributed by atoms with Gasteiger partial charge in [0.1, 0.15) is 0 Å². The van der Waals surface area contributed by atoms with Gasteiger partial charge >= 0.3 is 0 Å². The van der Waals surface area contributed by atoms with Gasteiger partial charge in [-0.25, -0.2) is 0 Å². The molecule has 0 radical (unpaired) electrons. The van der Waals surface area contributed by atoms with Crippen LogP contribution in [0.5, 0.6) is 0 Å². The molecule has 2 heterocycles. The van der Waals surface area contributed by atoms with Gasteiger partial charge in [-0.15, -0.1) is 10.2 Å². The van der Waals surface area contributed by atoms with Gasteiger partial charge in [-0.2, -0.15) is 0 Å². The maximum atomic E-state index is 4.43. The molecule has 0 saturated carbocycles. The Labute approximate surface area is 134 Å². The summed E-state index contributed by atoms with van der Waals surface area (Å²) in [6.07, 6.45) is 3.55. The molecule has 0 aliphatic carbocycles. The van der Waals surface area contributed by atoms with Crippen LogP contribution < -0.4 is 0 Å². The Hall–Kier alpha value is -3.27. The standard InChI is InChI=1S/C19H14N4/c1-3-7-15(8-4-1)18-21-22-19(16-9-5-2-6-10-16)23(18)17-11-13-20-14-12-17/h1-14H. The zero-order chi connectivity index (χ0) is 15.5. The molecule has 0 amide bonds. The molecule has 0 aliphatic rings. The molecule has 0 aliphatic heterocycles. The Morgan fingerprint density at radius 1 is 0.565 bits per heavy atom. The van der Waals surface area contributed by atoms with Crippen LogP contribution in [-0.4, -0.2) is 19.7 Å². The van der Waals surface area contributed by atoms with Crippen molar-refractivity contribution in [1.82, 2.24) is 19.7 Å². The second-order valence-corrected chi connectivity index (χ2v) is 5.12. The summed E-state index contributed by atoms with van der Waals surface area (Å²) in [5, 5.41) is 8.86. The van der Waals surface area contributed by atoms with Gasteiger partial charge in [0, 0.05) is 23.5 Å². The zero-order valence-corrected chi connectivity index (χ0v) is 12.4. The maximum Gasteiger partial charge on any atom is 0.168 e. The van der Waals surface area contributed by atoms with Crippen LogP contribution in [0, 0.1) is 0 Å². The first kappa shape index (κ1) is 13.4. The van der Waals surface area contributed by atoms with Gasteiger partial charge < -0.3 is 0 Å². The third-order valence-electron chi connectivity index (χ3n) is 3.65. The van der Waals surface area contributed by atoms with E-state index in [0.717, 1.165) is 28.5 Å². The highest BCUT2D eigenvalue weighted by atomic mass is 15.3. The maximum absolute atomic E-state index is 4.43. The van der Waals surface area contributed by atoms with Crippen LogP contribution in [0.4, 0.5) is 0 Å². The van der Waals surface area contributed by atoms with Crippen LogP contribution in [-0.2, 0) is 0 Å². The van der Waals surface area contributed by atoms with E-state index >= 15 is 0 Å². The van der Waals surface area contributed by atoms with Crippen molar-refractivity contribution in [1.29, 1.82) is 0 Å². The van der Waals surface area contributed by atoms with Crippen molar-refractivity contribution < 1.29 is 0 Å². The number of hydrogen-bond donors (Lipinski definition) is 0. The van der Waals surface area contributed by atoms with Crippen molar-refractivity contribution in [2.75, 3.05) is 0 Å². The predicted octanol–water partition coefficient (Wildman–Crippen LogP) is 4.00. The first-order valence-electron chi connectivity index (χ1n) is 7.40. The second kappa shape index (κ2) is 5.85. The second-order valence-electron chi connectivity index (χ2n) is 5.12. The molecule has 4 nitrogen and oxygen atoms in total. The molecule has 2 aromatic heterocycles. The van der Waals surface area contributed by atoms with Crippen LogP contribution >= 0.6 is 0 Å². The molecule has 110 valence electrons. The lowest BCUT2D eigenvalue weighted by atomic mass is 10.2. The lowest BCUT2D eigenvalue weighted by molar-refractivity contribution is 1.06. The normalized spacial score (nSPS) is 10.6. The molecule has 4 heteroatoms. The zero-order valence-electron chi connectivity index (χ0n) is 12.4. The molecule has 23 heavy (non-hydrogen) atoms. The fourth-order valence-corrected chi connectivity index (χ4v) is 2.57. The summed E-state index contributed by atoms with van der Waals surface area (Å²) >= 11 is 0. The van der Waals surface area contributed by atoms with Crippen LogP contribution in [0.15, 0.2) is 85.2 Å². The van der Waals surface area contributed by atoms with Gasteiger partial charge in [0.05, 0.1) is 5.69 Å². The molecule has 2 aromatic carbocycles. The SMILES string of the molecule is c1ccc(-c2nnc(-c3ccccc3)n2-c2ccncc2)cc1. The topological polar surface area (TPSA) is 43.6 Å². The molecule has 0 fully saturated rings. The van der Waals surface area contributed by atoms with E-state index in [0.29, 0.717) is 0 Å². The number of benzene rings is 2. The van der Waals surface area contributed by atoms with Crippen molar-refractivity contribution in [2.45, 2.75) is 0 Å². The number of aromatic nitrogens is 4. The largest absolute Gasteiger partial charge is 0.275 e. The number of hydrogen-bond acceptors (Lipinski definition) is 3. The smallest absolute Gasteiger partial charge is 0.168 e. The molecule has 4 aromatic rings. The number of nitrogens with zero attached hydrogens (tertiary/aromatic N) is 4. The van der Waals surface area contributed by atoms with Gasteiger partial charge in [-0.1, -0.05) is 60.7 Å². The van der Waals surface area contributed by atoms with Crippen molar-refractivity contribution >= 4 is 0 Å². The molecule has 4 rings (SSSR count). The average molecular weight is 298 g/mol. The number of rotatable bonds is 3. The third kappa shape index (κ3) is 2.51. The van der Waals surface area contributed by atoms with E-state index in [1.54, 1.807) is 12.4 Å². The monoisotopic (exact) mass is 298 g/mol. The Bertz CT molecular complexity index is 843. The van der Waals surface area contributed by atoms with Crippen LogP contribution in [0.3, 0.4) is 0 Å². The Balaban J connectivity index is 1.97. The Morgan fingerprint density at radius 2 is 1.04 bits per heavy atom. The summed E-state index contributed by atoms with van der Waals surface area (Å²) in [4.78, 5) is 4.11. The van der Waals surface area contributed by atoms with E-state index in [1.165, 1.54) is 0 Å². The fraction of sp³-hybridized carbons (Fsp3) is 0. The predicted molar refractivity (Wildman–Crippen MR) is 90.0 cm³/mol. The highest BCUT2D eigenvalue weighted by Gasteiger charge is 2.16. The minimum Gasteiger partial charge on any atom is -0.275 e. The summed E-state index contributed by atoms with van der Waals surface area (Å²) in [6, 6.07) is 24.1. The van der Waals surface area contributed by atoms with Crippen molar-refractivity contribution in [3.05, 3.63) is 85.2 Å². The van der Waals surface area contributed by atoms with Gasteiger partial charge in [0.2, 0.25) is 0 Å². The van der Waals surface area contributed by atoms with Crippen LogP contribution in [0.1, 0.15) is 0 Å². The Morgan fingerprint density at radius 3 is 1.52 bits per heavy atom. The quantitative estimate of drug-likeness (QED) is 0.574. The van der Waals surface area contributed by atoms with Crippen LogP contribution in [0.2, 0.25) is 0 Å². The fourth-order valence-electron chi connectivity index (χ4n) is 2.57. The van der Waals surface area contributed by atoms with Gasteiger partial charge in [0.25, 0.3) is 0 Å². The minimum absolute atomic E-state index is 0.815. The highest BCUT2D eigenvalue weighted by molar-refractivity contribution is 5.66. The van der Waals surface area contributed by atoms with E-state index in [4.69, 9.17) is 0 Å². The summed E-state index contributed by atoms with van der Waals surface area (Å²) in [5.41, 5.74) is 3.04. The molecular weight excluding hydrogens is 284 g/mol. The van der Waals surface area contributed by atoms with E-state index in [2.05, 4.69) is 19.7 Å². The van der Waals surface area contributed by atoms with E-state index in [1.807, 2.05) is 72.8 Å². The van der Waals surface area contributed by atoms with E-state index in [9.17, 15) is 0 Å². The van der Waals surface area contributed by atoms with Crippen LogP contribution in [0.25, 0.3) is 28.5 Å².